The summed E-state index contributed by atoms with van der Waals surface area (Å²) in [5.74, 6) is -0.00552. The van der Waals surface area contributed by atoms with Crippen molar-refractivity contribution in [1.29, 1.82) is 0 Å². The van der Waals surface area contributed by atoms with Crippen LogP contribution in [0.25, 0.3) is 11.1 Å². The van der Waals surface area contributed by atoms with E-state index in [-0.39, 0.29) is 18.9 Å². The Bertz CT molecular complexity index is 926. The zero-order valence-electron chi connectivity index (χ0n) is 14.0. The molecule has 0 fully saturated rings. The van der Waals surface area contributed by atoms with Gasteiger partial charge in [0.1, 0.15) is 5.75 Å². The molecule has 1 aromatic heterocycles. The highest BCUT2D eigenvalue weighted by molar-refractivity contribution is 5.92. The molecule has 1 amide bonds. The van der Waals surface area contributed by atoms with E-state index in [1.165, 1.54) is 4.57 Å². The van der Waals surface area contributed by atoms with Crippen LogP contribution < -0.4 is 15.8 Å². The van der Waals surface area contributed by atoms with Crippen molar-refractivity contribution in [2.24, 2.45) is 0 Å². The smallest absolute Gasteiger partial charge is 0.419 e. The fourth-order valence-corrected chi connectivity index (χ4v) is 2.56. The van der Waals surface area contributed by atoms with Crippen molar-refractivity contribution in [2.45, 2.75) is 26.3 Å². The molecule has 0 atom stereocenters. The zero-order valence-corrected chi connectivity index (χ0v) is 14.0. The van der Waals surface area contributed by atoms with Gasteiger partial charge < -0.3 is 14.5 Å². The predicted molar refractivity (Wildman–Crippen MR) is 95.9 cm³/mol. The van der Waals surface area contributed by atoms with E-state index in [1.54, 1.807) is 24.3 Å². The third-order valence-corrected chi connectivity index (χ3v) is 3.76. The fourth-order valence-electron chi connectivity index (χ4n) is 2.56. The van der Waals surface area contributed by atoms with Crippen LogP contribution >= 0.6 is 0 Å². The lowest BCUT2D eigenvalue weighted by molar-refractivity contribution is -0.116. The van der Waals surface area contributed by atoms with Gasteiger partial charge in [0.15, 0.2) is 5.58 Å². The van der Waals surface area contributed by atoms with Crippen LogP contribution in [-0.4, -0.2) is 17.1 Å². The minimum absolute atomic E-state index is 0.158. The minimum atomic E-state index is -0.458. The number of hydrogen-bond acceptors (Lipinski definition) is 4. The lowest BCUT2D eigenvalue weighted by atomic mass is 10.2. The number of benzene rings is 2. The SMILES string of the molecule is CCCOc1ccccc1NC(=O)CCn1c(=O)oc2ccccc21. The van der Waals surface area contributed by atoms with Crippen molar-refractivity contribution >= 4 is 22.7 Å². The highest BCUT2D eigenvalue weighted by Crippen LogP contribution is 2.24. The Labute approximate surface area is 145 Å². The predicted octanol–water partition coefficient (Wildman–Crippen LogP) is 3.41. The quantitative estimate of drug-likeness (QED) is 0.715. The first kappa shape index (κ1) is 16.8. The van der Waals surface area contributed by atoms with E-state index in [1.807, 2.05) is 31.2 Å². The van der Waals surface area contributed by atoms with E-state index in [9.17, 15) is 9.59 Å². The Morgan fingerprint density at radius 2 is 1.92 bits per heavy atom. The van der Waals surface area contributed by atoms with Crippen molar-refractivity contribution in [3.63, 3.8) is 0 Å². The van der Waals surface area contributed by atoms with Gasteiger partial charge in [0.05, 0.1) is 17.8 Å². The first-order valence-corrected chi connectivity index (χ1v) is 8.29. The van der Waals surface area contributed by atoms with Gasteiger partial charge in [-0.15, -0.1) is 0 Å². The number of amides is 1. The van der Waals surface area contributed by atoms with Gasteiger partial charge in [-0.1, -0.05) is 31.2 Å². The van der Waals surface area contributed by atoms with Gasteiger partial charge in [-0.25, -0.2) is 4.79 Å². The number of nitrogens with zero attached hydrogens (tertiary/aromatic N) is 1. The lowest BCUT2D eigenvalue weighted by Gasteiger charge is -2.12. The summed E-state index contributed by atoms with van der Waals surface area (Å²) >= 11 is 0. The van der Waals surface area contributed by atoms with Crippen LogP contribution in [0.4, 0.5) is 5.69 Å². The molecule has 0 aliphatic carbocycles. The van der Waals surface area contributed by atoms with Crippen LogP contribution in [-0.2, 0) is 11.3 Å². The van der Waals surface area contributed by atoms with Gasteiger partial charge in [-0.3, -0.25) is 9.36 Å². The summed E-state index contributed by atoms with van der Waals surface area (Å²) in [4.78, 5) is 24.2. The van der Waals surface area contributed by atoms with Gasteiger partial charge in [0.2, 0.25) is 5.91 Å². The van der Waals surface area contributed by atoms with Gasteiger partial charge in [-0.05, 0) is 30.7 Å². The number of anilines is 1. The highest BCUT2D eigenvalue weighted by atomic mass is 16.5. The Hall–Kier alpha value is -3.02. The topological polar surface area (TPSA) is 73.5 Å². The van der Waals surface area contributed by atoms with Crippen LogP contribution in [0.5, 0.6) is 5.75 Å². The summed E-state index contributed by atoms with van der Waals surface area (Å²) in [6.45, 7) is 2.86. The van der Waals surface area contributed by atoms with Crippen molar-refractivity contribution in [3.05, 3.63) is 59.1 Å². The maximum Gasteiger partial charge on any atom is 0.419 e. The number of oxazole rings is 1. The Morgan fingerprint density at radius 3 is 2.76 bits per heavy atom. The summed E-state index contributed by atoms with van der Waals surface area (Å²) in [6.07, 6.45) is 1.05. The van der Waals surface area contributed by atoms with Crippen LogP contribution in [0.15, 0.2) is 57.7 Å². The number of carbonyl (C=O) groups is 1. The highest BCUT2D eigenvalue weighted by Gasteiger charge is 2.12. The van der Waals surface area contributed by atoms with Gasteiger partial charge in [0, 0.05) is 13.0 Å². The second-order valence-electron chi connectivity index (χ2n) is 5.63. The van der Waals surface area contributed by atoms with Crippen LogP contribution in [0.2, 0.25) is 0 Å². The maximum absolute atomic E-state index is 12.3. The molecule has 1 heterocycles. The number of para-hydroxylation sites is 4. The molecule has 0 bridgehead atoms. The normalized spacial score (nSPS) is 10.8. The Balaban J connectivity index is 1.67. The molecule has 130 valence electrons. The summed E-state index contributed by atoms with van der Waals surface area (Å²) in [6, 6.07) is 14.5. The third kappa shape index (κ3) is 3.91. The second kappa shape index (κ2) is 7.70. The first-order chi connectivity index (χ1) is 12.2. The summed E-state index contributed by atoms with van der Waals surface area (Å²) in [5.41, 5.74) is 1.84. The van der Waals surface area contributed by atoms with E-state index in [4.69, 9.17) is 9.15 Å². The molecular formula is C19H20N2O4. The minimum Gasteiger partial charge on any atom is -0.491 e. The largest absolute Gasteiger partial charge is 0.491 e. The van der Waals surface area contributed by atoms with E-state index < -0.39 is 5.76 Å². The van der Waals surface area contributed by atoms with E-state index in [0.717, 1.165) is 6.42 Å². The molecule has 6 nitrogen and oxygen atoms in total. The number of nitrogens with one attached hydrogen (secondary N) is 1. The van der Waals surface area contributed by atoms with Gasteiger partial charge in [0.25, 0.3) is 0 Å². The average molecular weight is 340 g/mol. The second-order valence-corrected chi connectivity index (χ2v) is 5.63. The van der Waals surface area contributed by atoms with Crippen molar-refractivity contribution in [2.75, 3.05) is 11.9 Å². The fraction of sp³-hybridized carbons (Fsp3) is 0.263. The Kier molecular flexibility index (Phi) is 5.18. The monoisotopic (exact) mass is 340 g/mol. The van der Waals surface area contributed by atoms with Crippen molar-refractivity contribution < 1.29 is 13.9 Å². The first-order valence-electron chi connectivity index (χ1n) is 8.29. The molecule has 0 saturated heterocycles. The molecule has 1 N–H and O–H groups in total. The number of fused-ring (bicyclic) bond motifs is 1. The summed E-state index contributed by atoms with van der Waals surface area (Å²) in [5, 5.41) is 2.84. The van der Waals surface area contributed by atoms with Crippen molar-refractivity contribution in [1.82, 2.24) is 4.57 Å². The molecular weight excluding hydrogens is 320 g/mol. The molecule has 0 saturated carbocycles. The summed E-state index contributed by atoms with van der Waals surface area (Å²) < 4.78 is 12.3. The lowest BCUT2D eigenvalue weighted by Crippen LogP contribution is -2.20. The molecule has 0 aliphatic rings. The number of aromatic nitrogens is 1. The average Bonchev–Trinajstić information content (AvgIpc) is 2.94. The van der Waals surface area contributed by atoms with Crippen LogP contribution in [0.1, 0.15) is 19.8 Å². The zero-order chi connectivity index (χ0) is 17.6. The molecule has 25 heavy (non-hydrogen) atoms. The van der Waals surface area contributed by atoms with Crippen LogP contribution in [0, 0.1) is 0 Å². The number of carbonyl (C=O) groups excluding carboxylic acids is 1. The molecule has 0 unspecified atom stereocenters. The summed E-state index contributed by atoms with van der Waals surface area (Å²) in [7, 11) is 0. The van der Waals surface area contributed by atoms with E-state index >= 15 is 0 Å². The third-order valence-electron chi connectivity index (χ3n) is 3.76. The standard InChI is InChI=1S/C19H20N2O4/c1-2-13-24-16-9-5-3-7-14(16)20-18(22)11-12-21-15-8-4-6-10-17(15)25-19(21)23/h3-10H,2,11-13H2,1H3,(H,20,22). The number of hydrogen-bond donors (Lipinski definition) is 1. The molecule has 0 aliphatic heterocycles. The maximum atomic E-state index is 12.3. The number of rotatable bonds is 7. The molecule has 3 aromatic rings. The van der Waals surface area contributed by atoms with Crippen molar-refractivity contribution in [3.8, 4) is 5.75 Å². The van der Waals surface area contributed by atoms with Gasteiger partial charge >= 0.3 is 5.76 Å². The number of ether oxygens (including phenoxy) is 1. The molecule has 0 radical (unpaired) electrons. The molecule has 0 spiro atoms. The van der Waals surface area contributed by atoms with E-state index in [0.29, 0.717) is 29.1 Å². The van der Waals surface area contributed by atoms with E-state index in [2.05, 4.69) is 5.32 Å². The Morgan fingerprint density at radius 1 is 1.16 bits per heavy atom. The number of aryl methyl sites for hydroxylation is 1. The molecule has 2 aromatic carbocycles. The van der Waals surface area contributed by atoms with Crippen LogP contribution in [0.3, 0.4) is 0 Å². The molecule has 3 rings (SSSR count). The molecule has 6 heteroatoms. The van der Waals surface area contributed by atoms with Gasteiger partial charge in [-0.2, -0.15) is 0 Å².